The molecule has 2 aromatic rings. The molecule has 100 valence electrons. The van der Waals surface area contributed by atoms with E-state index in [0.717, 1.165) is 0 Å². The van der Waals surface area contributed by atoms with E-state index in [1.165, 1.54) is 24.3 Å². The van der Waals surface area contributed by atoms with E-state index in [1.54, 1.807) is 18.2 Å². The fourth-order valence-electron chi connectivity index (χ4n) is 1.64. The van der Waals surface area contributed by atoms with Crippen molar-refractivity contribution in [3.8, 4) is 6.07 Å². The lowest BCUT2D eigenvalue weighted by Gasteiger charge is -2.11. The summed E-state index contributed by atoms with van der Waals surface area (Å²) in [7, 11) is 0. The van der Waals surface area contributed by atoms with Crippen LogP contribution in [0, 0.1) is 17.1 Å². The zero-order valence-corrected chi connectivity index (χ0v) is 11.6. The highest BCUT2D eigenvalue weighted by Gasteiger charge is 2.11. The van der Waals surface area contributed by atoms with Gasteiger partial charge in [-0.2, -0.15) is 5.26 Å². The van der Waals surface area contributed by atoms with Gasteiger partial charge in [-0.3, -0.25) is 0 Å². The van der Waals surface area contributed by atoms with Crippen molar-refractivity contribution in [1.82, 2.24) is 0 Å². The molecule has 0 bridgehead atoms. The molecule has 0 aromatic heterocycles. The Morgan fingerprint density at radius 2 is 2.05 bits per heavy atom. The lowest BCUT2D eigenvalue weighted by molar-refractivity contribution is 0.0697. The first kappa shape index (κ1) is 14.0. The number of carbonyl (C=O) groups is 1. The van der Waals surface area contributed by atoms with Gasteiger partial charge in [0.15, 0.2) is 0 Å². The highest BCUT2D eigenvalue weighted by molar-refractivity contribution is 9.10. The Morgan fingerprint density at radius 3 is 2.65 bits per heavy atom. The molecule has 0 aliphatic carbocycles. The zero-order valence-electron chi connectivity index (χ0n) is 10.0. The molecule has 2 N–H and O–H groups in total. The zero-order chi connectivity index (χ0) is 14.7. The van der Waals surface area contributed by atoms with Crippen molar-refractivity contribution in [2.24, 2.45) is 0 Å². The molecule has 0 radical (unpaired) electrons. The number of nitrogens with zero attached hydrogens (tertiary/aromatic N) is 1. The third kappa shape index (κ3) is 2.78. The molecule has 0 fully saturated rings. The number of nitrogens with one attached hydrogen (secondary N) is 1. The van der Waals surface area contributed by atoms with Gasteiger partial charge in [0, 0.05) is 4.47 Å². The van der Waals surface area contributed by atoms with E-state index in [2.05, 4.69) is 21.2 Å². The van der Waals surface area contributed by atoms with Crippen LogP contribution in [0.2, 0.25) is 0 Å². The summed E-state index contributed by atoms with van der Waals surface area (Å²) >= 11 is 3.24. The van der Waals surface area contributed by atoms with E-state index >= 15 is 0 Å². The van der Waals surface area contributed by atoms with Gasteiger partial charge in [-0.05, 0) is 46.3 Å². The topological polar surface area (TPSA) is 73.1 Å². The Morgan fingerprint density at radius 1 is 1.30 bits per heavy atom. The minimum Gasteiger partial charge on any atom is -0.478 e. The van der Waals surface area contributed by atoms with Crippen molar-refractivity contribution in [1.29, 1.82) is 5.26 Å². The second kappa shape index (κ2) is 5.72. The monoisotopic (exact) mass is 334 g/mol. The number of hydrogen-bond donors (Lipinski definition) is 2. The van der Waals surface area contributed by atoms with Gasteiger partial charge in [-0.1, -0.05) is 6.07 Å². The molecule has 6 heteroatoms. The number of benzene rings is 2. The van der Waals surface area contributed by atoms with E-state index in [0.29, 0.717) is 15.8 Å². The van der Waals surface area contributed by atoms with Gasteiger partial charge in [-0.15, -0.1) is 0 Å². The quantitative estimate of drug-likeness (QED) is 0.892. The van der Waals surface area contributed by atoms with Crippen LogP contribution in [0.1, 0.15) is 15.9 Å². The van der Waals surface area contributed by atoms with Crippen LogP contribution >= 0.6 is 15.9 Å². The van der Waals surface area contributed by atoms with Crippen molar-refractivity contribution < 1.29 is 14.3 Å². The molecule has 0 spiro atoms. The Labute approximate surface area is 122 Å². The van der Waals surface area contributed by atoms with Gasteiger partial charge in [-0.25, -0.2) is 9.18 Å². The summed E-state index contributed by atoms with van der Waals surface area (Å²) in [6.45, 7) is 0. The second-order valence-electron chi connectivity index (χ2n) is 3.90. The second-order valence-corrected chi connectivity index (χ2v) is 4.75. The Hall–Kier alpha value is -2.39. The maximum atomic E-state index is 13.5. The normalized spacial score (nSPS) is 9.85. The molecular weight excluding hydrogens is 327 g/mol. The molecule has 0 unspecified atom stereocenters. The molecule has 0 aliphatic rings. The van der Waals surface area contributed by atoms with Gasteiger partial charge >= 0.3 is 5.97 Å². The Balaban J connectivity index is 2.39. The fraction of sp³-hybridized carbons (Fsp3) is 0. The molecule has 2 aromatic carbocycles. The maximum absolute atomic E-state index is 13.5. The van der Waals surface area contributed by atoms with E-state index in [-0.39, 0.29) is 11.1 Å². The van der Waals surface area contributed by atoms with Gasteiger partial charge in [0.25, 0.3) is 0 Å². The number of anilines is 2. The lowest BCUT2D eigenvalue weighted by atomic mass is 10.1. The highest BCUT2D eigenvalue weighted by atomic mass is 79.9. The summed E-state index contributed by atoms with van der Waals surface area (Å²) < 4.78 is 14.0. The summed E-state index contributed by atoms with van der Waals surface area (Å²) in [5.41, 5.74) is 0.886. The third-order valence-electron chi connectivity index (χ3n) is 2.61. The van der Waals surface area contributed by atoms with Gasteiger partial charge < -0.3 is 10.4 Å². The van der Waals surface area contributed by atoms with Crippen LogP contribution in [-0.2, 0) is 0 Å². The summed E-state index contributed by atoms with van der Waals surface area (Å²) in [6.07, 6.45) is 0. The molecule has 0 aliphatic heterocycles. The lowest BCUT2D eigenvalue weighted by Crippen LogP contribution is -1.99. The first-order valence-corrected chi connectivity index (χ1v) is 6.30. The molecule has 0 amide bonds. The van der Waals surface area contributed by atoms with Crippen LogP contribution in [0.15, 0.2) is 40.9 Å². The van der Waals surface area contributed by atoms with Crippen LogP contribution in [0.5, 0.6) is 0 Å². The molecule has 20 heavy (non-hydrogen) atoms. The first-order valence-electron chi connectivity index (χ1n) is 5.51. The average Bonchev–Trinajstić information content (AvgIpc) is 2.41. The minimum atomic E-state index is -1.04. The van der Waals surface area contributed by atoms with Crippen molar-refractivity contribution >= 4 is 33.3 Å². The molecule has 0 atom stereocenters. The average molecular weight is 335 g/mol. The SMILES string of the molecule is N#Cc1c(F)cccc1Nc1ccc(C(=O)O)cc1Br. The summed E-state index contributed by atoms with van der Waals surface area (Å²) in [5.74, 6) is -1.66. The van der Waals surface area contributed by atoms with Crippen LogP contribution in [0.25, 0.3) is 0 Å². The number of halogens is 2. The molecule has 4 nitrogen and oxygen atoms in total. The minimum absolute atomic E-state index is 0.0956. The Kier molecular flexibility index (Phi) is 4.01. The van der Waals surface area contributed by atoms with E-state index in [4.69, 9.17) is 10.4 Å². The summed E-state index contributed by atoms with van der Waals surface area (Å²) in [4.78, 5) is 10.8. The van der Waals surface area contributed by atoms with Gasteiger partial charge in [0.05, 0.1) is 16.9 Å². The van der Waals surface area contributed by atoms with Crippen molar-refractivity contribution in [3.05, 3.63) is 57.8 Å². The standard InChI is InChI=1S/C14H8BrFN2O2/c15-10-6-8(14(19)20)4-5-13(10)18-12-3-1-2-11(16)9(12)7-17/h1-6,18H,(H,19,20). The predicted octanol–water partition coefficient (Wildman–Crippen LogP) is 3.90. The molecular formula is C14H8BrFN2O2. The third-order valence-corrected chi connectivity index (χ3v) is 3.27. The van der Waals surface area contributed by atoms with Crippen LogP contribution in [0.3, 0.4) is 0 Å². The van der Waals surface area contributed by atoms with E-state index in [1.807, 2.05) is 0 Å². The smallest absolute Gasteiger partial charge is 0.335 e. The number of carboxylic acids is 1. The number of rotatable bonds is 3. The largest absolute Gasteiger partial charge is 0.478 e. The van der Waals surface area contributed by atoms with Crippen LogP contribution < -0.4 is 5.32 Å². The number of aromatic carboxylic acids is 1. The molecule has 2 rings (SSSR count). The molecule has 0 saturated heterocycles. The summed E-state index contributed by atoms with van der Waals surface area (Å²) in [5, 5.41) is 20.7. The van der Waals surface area contributed by atoms with E-state index in [9.17, 15) is 9.18 Å². The maximum Gasteiger partial charge on any atom is 0.335 e. The predicted molar refractivity (Wildman–Crippen MR) is 75.5 cm³/mol. The molecule has 0 saturated carbocycles. The van der Waals surface area contributed by atoms with Crippen molar-refractivity contribution in [2.45, 2.75) is 0 Å². The van der Waals surface area contributed by atoms with Crippen LogP contribution in [0.4, 0.5) is 15.8 Å². The van der Waals surface area contributed by atoms with Crippen molar-refractivity contribution in [2.75, 3.05) is 5.32 Å². The first-order chi connectivity index (χ1) is 9.52. The number of carboxylic acid groups (broad SMARTS) is 1. The van der Waals surface area contributed by atoms with E-state index < -0.39 is 11.8 Å². The van der Waals surface area contributed by atoms with Crippen molar-refractivity contribution in [3.63, 3.8) is 0 Å². The van der Waals surface area contributed by atoms with Crippen LogP contribution in [-0.4, -0.2) is 11.1 Å². The molecule has 0 heterocycles. The summed E-state index contributed by atoms with van der Waals surface area (Å²) in [6, 6.07) is 10.4. The number of nitriles is 1. The highest BCUT2D eigenvalue weighted by Crippen LogP contribution is 2.29. The number of hydrogen-bond acceptors (Lipinski definition) is 3. The Bertz CT molecular complexity index is 726. The van der Waals surface area contributed by atoms with Gasteiger partial charge in [0.2, 0.25) is 0 Å². The van der Waals surface area contributed by atoms with Gasteiger partial charge in [0.1, 0.15) is 17.4 Å². The fourth-order valence-corrected chi connectivity index (χ4v) is 2.11.